The average Bonchev–Trinajstić information content (AvgIpc) is 2.72. The summed E-state index contributed by atoms with van der Waals surface area (Å²) in [5, 5.41) is 7.93. The van der Waals surface area contributed by atoms with E-state index < -0.39 is 0 Å². The van der Waals surface area contributed by atoms with Crippen molar-refractivity contribution in [2.75, 3.05) is 20.2 Å². The lowest BCUT2D eigenvalue weighted by atomic mass is 9.71. The lowest BCUT2D eigenvalue weighted by molar-refractivity contribution is 0.226. The van der Waals surface area contributed by atoms with Gasteiger partial charge in [0, 0.05) is 12.0 Å². The Labute approximate surface area is 110 Å². The molecule has 0 amide bonds. The minimum atomic E-state index is 0.393. The molecule has 0 radical (unpaired) electrons. The molecule has 1 N–H and O–H groups in total. The van der Waals surface area contributed by atoms with Gasteiger partial charge in [0.25, 0.3) is 0 Å². The summed E-state index contributed by atoms with van der Waals surface area (Å²) in [4.78, 5) is 0. The molecule has 1 saturated carbocycles. The number of ether oxygens (including phenoxy) is 1. The van der Waals surface area contributed by atoms with Gasteiger partial charge in [0.1, 0.15) is 0 Å². The molecule has 0 spiro atoms. The van der Waals surface area contributed by atoms with Crippen LogP contribution < -0.4 is 10.1 Å². The van der Waals surface area contributed by atoms with Crippen molar-refractivity contribution in [2.24, 2.45) is 5.92 Å². The predicted octanol–water partition coefficient (Wildman–Crippen LogP) is 2.58. The molecule has 1 heterocycles. The molecule has 1 aliphatic rings. The summed E-state index contributed by atoms with van der Waals surface area (Å²) >= 11 is 0. The Morgan fingerprint density at radius 3 is 2.78 bits per heavy atom. The number of hydrogen-bond donors (Lipinski definition) is 1. The maximum atomic E-state index is 5.48. The van der Waals surface area contributed by atoms with Crippen LogP contribution in [0.4, 0.5) is 0 Å². The SMILES string of the molecule is CCNCC1CCC1c1c(OC)cnn1C(C)C. The highest BCUT2D eigenvalue weighted by atomic mass is 16.5. The van der Waals surface area contributed by atoms with Gasteiger partial charge in [-0.2, -0.15) is 5.10 Å². The second-order valence-electron chi connectivity index (χ2n) is 5.39. The van der Waals surface area contributed by atoms with Gasteiger partial charge in [-0.15, -0.1) is 0 Å². The van der Waals surface area contributed by atoms with Crippen molar-refractivity contribution in [3.8, 4) is 5.75 Å². The van der Waals surface area contributed by atoms with Crippen molar-refractivity contribution >= 4 is 0 Å². The number of methoxy groups -OCH3 is 1. The summed E-state index contributed by atoms with van der Waals surface area (Å²) in [6.45, 7) is 8.66. The highest BCUT2D eigenvalue weighted by Gasteiger charge is 2.36. The molecule has 0 aliphatic heterocycles. The maximum Gasteiger partial charge on any atom is 0.160 e. The first kappa shape index (κ1) is 13.4. The molecule has 1 aromatic rings. The Morgan fingerprint density at radius 1 is 1.50 bits per heavy atom. The first-order valence-electron chi connectivity index (χ1n) is 7.01. The fourth-order valence-corrected chi connectivity index (χ4v) is 2.78. The number of hydrogen-bond acceptors (Lipinski definition) is 3. The van der Waals surface area contributed by atoms with Crippen molar-refractivity contribution < 1.29 is 4.74 Å². The third-order valence-corrected chi connectivity index (χ3v) is 3.93. The Balaban J connectivity index is 2.18. The van der Waals surface area contributed by atoms with Crippen molar-refractivity contribution in [2.45, 2.75) is 45.6 Å². The monoisotopic (exact) mass is 251 g/mol. The van der Waals surface area contributed by atoms with Gasteiger partial charge < -0.3 is 10.1 Å². The molecule has 2 rings (SSSR count). The van der Waals surface area contributed by atoms with Gasteiger partial charge in [-0.3, -0.25) is 4.68 Å². The van der Waals surface area contributed by atoms with E-state index in [0.29, 0.717) is 12.0 Å². The zero-order valence-corrected chi connectivity index (χ0v) is 11.9. The fraction of sp³-hybridized carbons (Fsp3) is 0.786. The summed E-state index contributed by atoms with van der Waals surface area (Å²) < 4.78 is 7.61. The summed E-state index contributed by atoms with van der Waals surface area (Å²) in [6.07, 6.45) is 4.42. The van der Waals surface area contributed by atoms with E-state index >= 15 is 0 Å². The normalized spacial score (nSPS) is 23.2. The molecular formula is C14H25N3O. The molecule has 18 heavy (non-hydrogen) atoms. The summed E-state index contributed by atoms with van der Waals surface area (Å²) in [5.74, 6) is 2.28. The van der Waals surface area contributed by atoms with Gasteiger partial charge in [-0.25, -0.2) is 0 Å². The van der Waals surface area contributed by atoms with Crippen molar-refractivity contribution in [3.63, 3.8) is 0 Å². The first-order valence-corrected chi connectivity index (χ1v) is 7.01. The Bertz CT molecular complexity index is 386. The molecule has 2 atom stereocenters. The van der Waals surface area contributed by atoms with E-state index in [0.717, 1.165) is 24.8 Å². The second kappa shape index (κ2) is 5.74. The standard InChI is InChI=1S/C14H25N3O/c1-5-15-8-11-6-7-12(11)14-13(18-4)9-16-17(14)10(2)3/h9-12,15H,5-8H2,1-4H3. The summed E-state index contributed by atoms with van der Waals surface area (Å²) in [5.41, 5.74) is 1.29. The third kappa shape index (κ3) is 2.39. The average molecular weight is 251 g/mol. The van der Waals surface area contributed by atoms with E-state index in [1.165, 1.54) is 18.5 Å². The van der Waals surface area contributed by atoms with Crippen LogP contribution in [-0.4, -0.2) is 30.0 Å². The zero-order chi connectivity index (χ0) is 13.1. The van der Waals surface area contributed by atoms with E-state index in [2.05, 4.69) is 35.9 Å². The summed E-state index contributed by atoms with van der Waals surface area (Å²) in [7, 11) is 1.74. The molecule has 0 bridgehead atoms. The van der Waals surface area contributed by atoms with Crippen LogP contribution >= 0.6 is 0 Å². The van der Waals surface area contributed by atoms with E-state index in [-0.39, 0.29) is 0 Å². The lowest BCUT2D eigenvalue weighted by Gasteiger charge is -2.37. The van der Waals surface area contributed by atoms with Gasteiger partial charge >= 0.3 is 0 Å². The Morgan fingerprint density at radius 2 is 2.28 bits per heavy atom. The Kier molecular flexibility index (Phi) is 4.27. The molecular weight excluding hydrogens is 226 g/mol. The molecule has 102 valence electrons. The van der Waals surface area contributed by atoms with Gasteiger partial charge in [0.2, 0.25) is 0 Å². The van der Waals surface area contributed by atoms with E-state index in [1.807, 2.05) is 6.20 Å². The largest absolute Gasteiger partial charge is 0.493 e. The van der Waals surface area contributed by atoms with Crippen molar-refractivity contribution in [1.29, 1.82) is 0 Å². The van der Waals surface area contributed by atoms with Gasteiger partial charge in [-0.05, 0) is 45.7 Å². The minimum Gasteiger partial charge on any atom is -0.493 e. The lowest BCUT2D eigenvalue weighted by Crippen LogP contribution is -2.35. The number of nitrogens with one attached hydrogen (secondary N) is 1. The smallest absolute Gasteiger partial charge is 0.160 e. The van der Waals surface area contributed by atoms with Crippen molar-refractivity contribution in [1.82, 2.24) is 15.1 Å². The molecule has 0 saturated heterocycles. The molecule has 1 aliphatic carbocycles. The highest BCUT2D eigenvalue weighted by molar-refractivity contribution is 5.31. The zero-order valence-electron chi connectivity index (χ0n) is 11.9. The van der Waals surface area contributed by atoms with E-state index in [4.69, 9.17) is 4.74 Å². The number of aromatic nitrogens is 2. The Hall–Kier alpha value is -1.03. The van der Waals surface area contributed by atoms with Gasteiger partial charge in [0.15, 0.2) is 5.75 Å². The molecule has 1 fully saturated rings. The van der Waals surface area contributed by atoms with Gasteiger partial charge in [-0.1, -0.05) is 6.92 Å². The molecule has 0 aromatic carbocycles. The van der Waals surface area contributed by atoms with Crippen LogP contribution in [0.3, 0.4) is 0 Å². The first-order chi connectivity index (χ1) is 8.69. The predicted molar refractivity (Wildman–Crippen MR) is 73.2 cm³/mol. The quantitative estimate of drug-likeness (QED) is 0.844. The highest BCUT2D eigenvalue weighted by Crippen LogP contribution is 2.45. The van der Waals surface area contributed by atoms with Gasteiger partial charge in [0.05, 0.1) is 19.0 Å². The van der Waals surface area contributed by atoms with Crippen molar-refractivity contribution in [3.05, 3.63) is 11.9 Å². The summed E-state index contributed by atoms with van der Waals surface area (Å²) in [6, 6.07) is 0.393. The number of nitrogens with zero attached hydrogens (tertiary/aromatic N) is 2. The third-order valence-electron chi connectivity index (χ3n) is 3.93. The minimum absolute atomic E-state index is 0.393. The maximum absolute atomic E-state index is 5.48. The van der Waals surface area contributed by atoms with Crippen LogP contribution in [0.25, 0.3) is 0 Å². The molecule has 1 aromatic heterocycles. The number of rotatable bonds is 6. The van der Waals surface area contributed by atoms with Crippen LogP contribution in [0.15, 0.2) is 6.20 Å². The van der Waals surface area contributed by atoms with Crippen LogP contribution in [0.5, 0.6) is 5.75 Å². The molecule has 4 heteroatoms. The second-order valence-corrected chi connectivity index (χ2v) is 5.39. The van der Waals surface area contributed by atoms with Crippen LogP contribution in [0, 0.1) is 5.92 Å². The molecule has 2 unspecified atom stereocenters. The van der Waals surface area contributed by atoms with Crippen LogP contribution in [-0.2, 0) is 0 Å². The van der Waals surface area contributed by atoms with E-state index in [9.17, 15) is 0 Å². The topological polar surface area (TPSA) is 39.1 Å². The van der Waals surface area contributed by atoms with Crippen LogP contribution in [0.2, 0.25) is 0 Å². The van der Waals surface area contributed by atoms with Crippen LogP contribution in [0.1, 0.15) is 51.3 Å². The fourth-order valence-electron chi connectivity index (χ4n) is 2.78. The van der Waals surface area contributed by atoms with E-state index in [1.54, 1.807) is 7.11 Å². The molecule has 4 nitrogen and oxygen atoms in total.